The number of halogens is 1. The summed E-state index contributed by atoms with van der Waals surface area (Å²) in [4.78, 5) is 4.55. The Bertz CT molecular complexity index is 1010. The van der Waals surface area contributed by atoms with Crippen LogP contribution in [0.2, 0.25) is 5.02 Å². The Balaban J connectivity index is 2.01. The maximum atomic E-state index is 12.6. The van der Waals surface area contributed by atoms with Crippen LogP contribution in [0.4, 0.5) is 5.13 Å². The fourth-order valence-electron chi connectivity index (χ4n) is 2.29. The lowest BCUT2D eigenvalue weighted by atomic mass is 10.2. The van der Waals surface area contributed by atoms with Gasteiger partial charge in [-0.25, -0.2) is 13.4 Å². The van der Waals surface area contributed by atoms with E-state index in [1.807, 2.05) is 25.1 Å². The molecule has 3 aromatic rings. The summed E-state index contributed by atoms with van der Waals surface area (Å²) in [6.45, 7) is 5.49. The summed E-state index contributed by atoms with van der Waals surface area (Å²) in [7, 11) is -3.70. The maximum Gasteiger partial charge on any atom is 0.263 e. The molecule has 0 bridgehead atoms. The van der Waals surface area contributed by atoms with E-state index in [-0.39, 0.29) is 4.90 Å². The molecule has 0 aliphatic heterocycles. The molecule has 0 radical (unpaired) electrons. The minimum atomic E-state index is -3.70. The summed E-state index contributed by atoms with van der Waals surface area (Å²) in [5.41, 5.74) is 3.21. The van der Waals surface area contributed by atoms with E-state index in [9.17, 15) is 8.42 Å². The first-order valence-corrected chi connectivity index (χ1v) is 9.61. The molecular weight excluding hydrogens is 352 g/mol. The Morgan fingerprint density at radius 2 is 1.83 bits per heavy atom. The summed E-state index contributed by atoms with van der Waals surface area (Å²) in [6.07, 6.45) is 0. The molecule has 0 saturated heterocycles. The third-order valence-corrected chi connectivity index (χ3v) is 6.46. The summed E-state index contributed by atoms with van der Waals surface area (Å²) >= 11 is 7.36. The number of benzene rings is 2. The average molecular weight is 367 g/mol. The van der Waals surface area contributed by atoms with Gasteiger partial charge in [-0.15, -0.1) is 0 Å². The van der Waals surface area contributed by atoms with Crippen LogP contribution >= 0.6 is 22.9 Å². The van der Waals surface area contributed by atoms with E-state index < -0.39 is 10.0 Å². The van der Waals surface area contributed by atoms with Gasteiger partial charge in [0.15, 0.2) is 5.13 Å². The molecule has 0 spiro atoms. The lowest BCUT2D eigenvalue weighted by molar-refractivity contribution is 0.600. The number of aryl methyl sites for hydroxylation is 3. The number of sulfonamides is 1. The van der Waals surface area contributed by atoms with Crippen LogP contribution < -0.4 is 4.72 Å². The molecule has 1 N–H and O–H groups in total. The van der Waals surface area contributed by atoms with Gasteiger partial charge in [0, 0.05) is 5.02 Å². The quantitative estimate of drug-likeness (QED) is 0.732. The predicted molar refractivity (Wildman–Crippen MR) is 96.1 cm³/mol. The van der Waals surface area contributed by atoms with Crippen LogP contribution in [0.1, 0.15) is 16.7 Å². The van der Waals surface area contributed by atoms with Crippen LogP contribution in [0.25, 0.3) is 10.2 Å². The van der Waals surface area contributed by atoms with Crippen LogP contribution in [0, 0.1) is 20.8 Å². The Kier molecular flexibility index (Phi) is 4.08. The second kappa shape index (κ2) is 5.78. The van der Waals surface area contributed by atoms with Gasteiger partial charge in [-0.2, -0.15) is 0 Å². The standard InChI is InChI=1S/C16H15ClN2O2S2/c1-9-4-5-13-14(6-9)22-16(18-13)19-23(20,21)15-8-10(2)12(17)7-11(15)3/h4-8H,1-3H3,(H,18,19). The van der Waals surface area contributed by atoms with Crippen molar-refractivity contribution in [3.63, 3.8) is 0 Å². The number of aromatic nitrogens is 1. The first-order valence-electron chi connectivity index (χ1n) is 6.93. The highest BCUT2D eigenvalue weighted by Gasteiger charge is 2.20. The van der Waals surface area contributed by atoms with Crippen molar-refractivity contribution in [1.82, 2.24) is 4.98 Å². The summed E-state index contributed by atoms with van der Waals surface area (Å²) < 4.78 is 28.8. The first kappa shape index (κ1) is 16.2. The van der Waals surface area contributed by atoms with Crippen LogP contribution in [-0.4, -0.2) is 13.4 Å². The fourth-order valence-corrected chi connectivity index (χ4v) is 5.02. The van der Waals surface area contributed by atoms with Crippen LogP contribution in [0.5, 0.6) is 0 Å². The van der Waals surface area contributed by atoms with Crippen molar-refractivity contribution in [3.8, 4) is 0 Å². The minimum Gasteiger partial charge on any atom is -0.255 e. The highest BCUT2D eigenvalue weighted by molar-refractivity contribution is 7.93. The maximum absolute atomic E-state index is 12.6. The molecule has 1 heterocycles. The van der Waals surface area contributed by atoms with Crippen molar-refractivity contribution in [1.29, 1.82) is 0 Å². The first-order chi connectivity index (χ1) is 10.8. The molecule has 3 rings (SSSR count). The number of hydrogen-bond donors (Lipinski definition) is 1. The van der Waals surface area contributed by atoms with Crippen molar-refractivity contribution in [2.75, 3.05) is 4.72 Å². The third kappa shape index (κ3) is 3.20. The lowest BCUT2D eigenvalue weighted by Gasteiger charge is -2.10. The van der Waals surface area contributed by atoms with Gasteiger partial charge in [-0.05, 0) is 61.7 Å². The highest BCUT2D eigenvalue weighted by Crippen LogP contribution is 2.30. The third-order valence-electron chi connectivity index (χ3n) is 3.51. The number of rotatable bonds is 3. The van der Waals surface area contributed by atoms with Gasteiger partial charge in [-0.3, -0.25) is 4.72 Å². The molecule has 120 valence electrons. The summed E-state index contributed by atoms with van der Waals surface area (Å²) in [5, 5.41) is 0.912. The van der Waals surface area contributed by atoms with Gasteiger partial charge in [0.1, 0.15) is 0 Å². The van der Waals surface area contributed by atoms with Crippen molar-refractivity contribution < 1.29 is 8.42 Å². The van der Waals surface area contributed by atoms with E-state index in [2.05, 4.69) is 9.71 Å². The zero-order valence-electron chi connectivity index (χ0n) is 12.8. The van der Waals surface area contributed by atoms with E-state index in [0.29, 0.717) is 15.7 Å². The number of hydrogen-bond acceptors (Lipinski definition) is 4. The van der Waals surface area contributed by atoms with E-state index in [0.717, 1.165) is 21.3 Å². The second-order valence-electron chi connectivity index (χ2n) is 5.46. The van der Waals surface area contributed by atoms with Crippen LogP contribution in [0.15, 0.2) is 35.2 Å². The Morgan fingerprint density at radius 1 is 1.09 bits per heavy atom. The van der Waals surface area contributed by atoms with Crippen LogP contribution in [0.3, 0.4) is 0 Å². The fraction of sp³-hybridized carbons (Fsp3) is 0.188. The topological polar surface area (TPSA) is 59.1 Å². The van der Waals surface area contributed by atoms with Gasteiger partial charge < -0.3 is 0 Å². The molecule has 0 fully saturated rings. The molecule has 4 nitrogen and oxygen atoms in total. The Labute approximate surface area is 144 Å². The molecular formula is C16H15ClN2O2S2. The molecule has 0 unspecified atom stereocenters. The normalized spacial score (nSPS) is 11.8. The van der Waals surface area contributed by atoms with E-state index >= 15 is 0 Å². The monoisotopic (exact) mass is 366 g/mol. The van der Waals surface area contributed by atoms with Crippen molar-refractivity contribution in [2.45, 2.75) is 25.7 Å². The number of nitrogens with zero attached hydrogens (tertiary/aromatic N) is 1. The van der Waals surface area contributed by atoms with Crippen molar-refractivity contribution >= 4 is 48.3 Å². The van der Waals surface area contributed by atoms with Gasteiger partial charge >= 0.3 is 0 Å². The highest BCUT2D eigenvalue weighted by atomic mass is 35.5. The van der Waals surface area contributed by atoms with E-state index in [1.54, 1.807) is 26.0 Å². The van der Waals surface area contributed by atoms with Crippen molar-refractivity contribution in [2.24, 2.45) is 0 Å². The van der Waals surface area contributed by atoms with Crippen LogP contribution in [-0.2, 0) is 10.0 Å². The molecule has 2 aromatic carbocycles. The molecule has 23 heavy (non-hydrogen) atoms. The lowest BCUT2D eigenvalue weighted by Crippen LogP contribution is -2.14. The summed E-state index contributed by atoms with van der Waals surface area (Å²) in [6, 6.07) is 9.07. The molecule has 1 aromatic heterocycles. The largest absolute Gasteiger partial charge is 0.263 e. The SMILES string of the molecule is Cc1ccc2nc(NS(=O)(=O)c3cc(C)c(Cl)cc3C)sc2c1. The van der Waals surface area contributed by atoms with Crippen molar-refractivity contribution in [3.05, 3.63) is 52.0 Å². The number of nitrogens with one attached hydrogen (secondary N) is 1. The zero-order chi connectivity index (χ0) is 16.8. The second-order valence-corrected chi connectivity index (χ2v) is 8.55. The van der Waals surface area contributed by atoms with Gasteiger partial charge in [0.05, 0.1) is 15.1 Å². The molecule has 0 aliphatic rings. The number of thiazole rings is 1. The zero-order valence-corrected chi connectivity index (χ0v) is 15.2. The Hall–Kier alpha value is -1.63. The van der Waals surface area contributed by atoms with Gasteiger partial charge in [0.25, 0.3) is 10.0 Å². The predicted octanol–water partition coefficient (Wildman–Crippen LogP) is 4.68. The molecule has 0 amide bonds. The molecule has 0 aliphatic carbocycles. The van der Waals surface area contributed by atoms with Gasteiger partial charge in [-0.1, -0.05) is 29.0 Å². The van der Waals surface area contributed by atoms with E-state index in [1.165, 1.54) is 11.3 Å². The van der Waals surface area contributed by atoms with E-state index in [4.69, 9.17) is 11.6 Å². The molecule has 7 heteroatoms. The van der Waals surface area contributed by atoms with Gasteiger partial charge in [0.2, 0.25) is 0 Å². The number of fused-ring (bicyclic) bond motifs is 1. The smallest absolute Gasteiger partial charge is 0.255 e. The average Bonchev–Trinajstić information content (AvgIpc) is 2.83. The molecule has 0 atom stereocenters. The number of anilines is 1. The Morgan fingerprint density at radius 3 is 2.57 bits per heavy atom. The minimum absolute atomic E-state index is 0.217. The molecule has 0 saturated carbocycles. The summed E-state index contributed by atoms with van der Waals surface area (Å²) in [5.74, 6) is 0.